The van der Waals surface area contributed by atoms with Crippen LogP contribution in [0.25, 0.3) is 10.9 Å². The molecule has 0 aliphatic rings. The molecule has 0 spiro atoms. The minimum absolute atomic E-state index is 0.438. The topological polar surface area (TPSA) is 57.5 Å². The maximum atomic E-state index is 12.5. The Kier molecular flexibility index (Phi) is 4.00. The third-order valence-electron chi connectivity index (χ3n) is 3.38. The van der Waals surface area contributed by atoms with Crippen molar-refractivity contribution < 1.29 is 19.1 Å². The highest BCUT2D eigenvalue weighted by atomic mass is 16.6. The number of carbonyl (C=O) groups is 2. The van der Waals surface area contributed by atoms with Crippen molar-refractivity contribution in [2.24, 2.45) is 0 Å². The molecule has 0 aliphatic heterocycles. The van der Waals surface area contributed by atoms with E-state index in [2.05, 4.69) is 0 Å². The van der Waals surface area contributed by atoms with Crippen LogP contribution in [0.4, 0.5) is 4.79 Å². The van der Waals surface area contributed by atoms with Crippen LogP contribution in [0.15, 0.2) is 12.1 Å². The molecule has 0 bridgehead atoms. The van der Waals surface area contributed by atoms with E-state index < -0.39 is 11.7 Å². The van der Waals surface area contributed by atoms with Gasteiger partial charge in [0.15, 0.2) is 6.29 Å². The predicted octanol–water partition coefficient (Wildman–Crippen LogP) is 3.86. The van der Waals surface area contributed by atoms with Crippen LogP contribution >= 0.6 is 0 Å². The summed E-state index contributed by atoms with van der Waals surface area (Å²) in [6, 6.07) is 3.56. The van der Waals surface area contributed by atoms with E-state index in [-0.39, 0.29) is 0 Å². The highest BCUT2D eigenvalue weighted by molar-refractivity contribution is 6.04. The molecule has 0 atom stereocenters. The van der Waals surface area contributed by atoms with Crippen LogP contribution in [0.2, 0.25) is 0 Å². The van der Waals surface area contributed by atoms with E-state index in [4.69, 9.17) is 9.47 Å². The number of aromatic nitrogens is 1. The molecule has 0 N–H and O–H groups in total. The van der Waals surface area contributed by atoms with Gasteiger partial charge >= 0.3 is 6.09 Å². The zero-order chi connectivity index (χ0) is 16.7. The number of hydrogen-bond acceptors (Lipinski definition) is 4. The Labute approximate surface area is 129 Å². The lowest BCUT2D eigenvalue weighted by Crippen LogP contribution is -2.27. The number of nitrogens with zero attached hydrogens (tertiary/aromatic N) is 1. The number of fused-ring (bicyclic) bond motifs is 1. The van der Waals surface area contributed by atoms with Crippen molar-refractivity contribution in [3.05, 3.63) is 29.0 Å². The van der Waals surface area contributed by atoms with Crippen molar-refractivity contribution in [2.45, 2.75) is 40.2 Å². The molecule has 0 saturated carbocycles. The molecule has 0 amide bonds. The number of methoxy groups -OCH3 is 1. The molecule has 0 unspecified atom stereocenters. The largest absolute Gasteiger partial charge is 0.496 e. The SMILES string of the molecule is COc1cc(C)c2c(cc(C)n2C(=O)OC(C)(C)C)c1C=O. The average Bonchev–Trinajstić information content (AvgIpc) is 2.74. The summed E-state index contributed by atoms with van der Waals surface area (Å²) in [5, 5.41) is 0.690. The molecule has 0 radical (unpaired) electrons. The highest BCUT2D eigenvalue weighted by Crippen LogP contribution is 2.32. The molecule has 1 heterocycles. The van der Waals surface area contributed by atoms with Gasteiger partial charge in [0.05, 0.1) is 18.2 Å². The maximum absolute atomic E-state index is 12.5. The second kappa shape index (κ2) is 5.48. The Balaban J connectivity index is 2.75. The lowest BCUT2D eigenvalue weighted by atomic mass is 10.1. The van der Waals surface area contributed by atoms with Gasteiger partial charge in [-0.3, -0.25) is 4.79 Å². The van der Waals surface area contributed by atoms with Gasteiger partial charge in [-0.05, 0) is 52.3 Å². The van der Waals surface area contributed by atoms with Gasteiger partial charge < -0.3 is 9.47 Å². The summed E-state index contributed by atoms with van der Waals surface area (Å²) < 4.78 is 12.2. The molecule has 5 nitrogen and oxygen atoms in total. The Morgan fingerprint density at radius 1 is 1.23 bits per heavy atom. The Hall–Kier alpha value is -2.30. The first kappa shape index (κ1) is 16.1. The summed E-state index contributed by atoms with van der Waals surface area (Å²) in [7, 11) is 1.52. The van der Waals surface area contributed by atoms with Crippen molar-refractivity contribution in [1.82, 2.24) is 4.57 Å². The molecule has 5 heteroatoms. The summed E-state index contributed by atoms with van der Waals surface area (Å²) in [4.78, 5) is 23.9. The highest BCUT2D eigenvalue weighted by Gasteiger charge is 2.23. The van der Waals surface area contributed by atoms with E-state index in [0.717, 1.165) is 11.8 Å². The van der Waals surface area contributed by atoms with Crippen LogP contribution in [-0.2, 0) is 4.74 Å². The molecule has 0 fully saturated rings. The second-order valence-electron chi connectivity index (χ2n) is 6.29. The Bertz CT molecular complexity index is 750. The number of ether oxygens (including phenoxy) is 2. The van der Waals surface area contributed by atoms with Gasteiger partial charge in [-0.2, -0.15) is 0 Å². The van der Waals surface area contributed by atoms with Crippen molar-refractivity contribution >= 4 is 23.3 Å². The molecule has 0 saturated heterocycles. The van der Waals surface area contributed by atoms with E-state index in [1.165, 1.54) is 11.7 Å². The first-order valence-corrected chi connectivity index (χ1v) is 7.07. The van der Waals surface area contributed by atoms with E-state index in [9.17, 15) is 9.59 Å². The van der Waals surface area contributed by atoms with Crippen molar-refractivity contribution in [3.63, 3.8) is 0 Å². The number of hydrogen-bond donors (Lipinski definition) is 0. The number of rotatable bonds is 2. The van der Waals surface area contributed by atoms with Gasteiger partial charge in [0.1, 0.15) is 11.4 Å². The monoisotopic (exact) mass is 303 g/mol. The first-order chi connectivity index (χ1) is 10.2. The molecule has 1 aromatic carbocycles. The van der Waals surface area contributed by atoms with Gasteiger partial charge in [0.25, 0.3) is 0 Å². The predicted molar refractivity (Wildman–Crippen MR) is 85.0 cm³/mol. The van der Waals surface area contributed by atoms with Crippen LogP contribution < -0.4 is 4.74 Å². The first-order valence-electron chi connectivity index (χ1n) is 7.07. The number of carbonyl (C=O) groups excluding carboxylic acids is 2. The number of aldehydes is 1. The van der Waals surface area contributed by atoms with Crippen molar-refractivity contribution in [2.75, 3.05) is 7.11 Å². The number of benzene rings is 1. The molecular weight excluding hydrogens is 282 g/mol. The van der Waals surface area contributed by atoms with Crippen molar-refractivity contribution in [1.29, 1.82) is 0 Å². The molecule has 0 aliphatic carbocycles. The normalized spacial score (nSPS) is 11.5. The van der Waals surface area contributed by atoms with Crippen LogP contribution in [-0.4, -0.2) is 29.7 Å². The fraction of sp³-hybridized carbons (Fsp3) is 0.412. The Morgan fingerprint density at radius 3 is 2.36 bits per heavy atom. The summed E-state index contributed by atoms with van der Waals surface area (Å²) >= 11 is 0. The summed E-state index contributed by atoms with van der Waals surface area (Å²) in [5.41, 5.74) is 2.08. The Morgan fingerprint density at radius 2 is 1.86 bits per heavy atom. The van der Waals surface area contributed by atoms with Gasteiger partial charge in [-0.1, -0.05) is 0 Å². The van der Waals surface area contributed by atoms with Crippen LogP contribution in [0.1, 0.15) is 42.4 Å². The molecule has 2 rings (SSSR count). The lowest BCUT2D eigenvalue weighted by molar-refractivity contribution is 0.0541. The van der Waals surface area contributed by atoms with Gasteiger partial charge in [-0.25, -0.2) is 9.36 Å². The second-order valence-corrected chi connectivity index (χ2v) is 6.29. The number of aryl methyl sites for hydroxylation is 2. The molecular formula is C17H21NO4. The zero-order valence-corrected chi connectivity index (χ0v) is 13.8. The molecule has 1 aromatic heterocycles. The van der Waals surface area contributed by atoms with E-state index in [1.807, 2.05) is 34.6 Å². The fourth-order valence-corrected chi connectivity index (χ4v) is 2.54. The van der Waals surface area contributed by atoms with Crippen LogP contribution in [0, 0.1) is 13.8 Å². The minimum Gasteiger partial charge on any atom is -0.496 e. The summed E-state index contributed by atoms with van der Waals surface area (Å²) in [6.07, 6.45) is 0.296. The zero-order valence-electron chi connectivity index (χ0n) is 13.8. The van der Waals surface area contributed by atoms with Gasteiger partial charge in [0, 0.05) is 11.1 Å². The molecule has 118 valence electrons. The maximum Gasteiger partial charge on any atom is 0.419 e. The quantitative estimate of drug-likeness (QED) is 0.790. The van der Waals surface area contributed by atoms with Crippen LogP contribution in [0.3, 0.4) is 0 Å². The van der Waals surface area contributed by atoms with Crippen molar-refractivity contribution in [3.8, 4) is 5.75 Å². The minimum atomic E-state index is -0.589. The van der Waals surface area contributed by atoms with Gasteiger partial charge in [-0.15, -0.1) is 0 Å². The standard InChI is InChI=1S/C17H21NO4/c1-10-7-14(21-6)13(9-19)12-8-11(2)18(15(10)12)16(20)22-17(3,4)5/h7-9H,1-6H3. The average molecular weight is 303 g/mol. The summed E-state index contributed by atoms with van der Waals surface area (Å²) in [5.74, 6) is 0.501. The van der Waals surface area contributed by atoms with E-state index >= 15 is 0 Å². The van der Waals surface area contributed by atoms with E-state index in [1.54, 1.807) is 12.1 Å². The third kappa shape index (κ3) is 2.71. The fourth-order valence-electron chi connectivity index (χ4n) is 2.54. The summed E-state index contributed by atoms with van der Waals surface area (Å²) in [6.45, 7) is 9.14. The molecule has 22 heavy (non-hydrogen) atoms. The smallest absolute Gasteiger partial charge is 0.419 e. The van der Waals surface area contributed by atoms with Crippen LogP contribution in [0.5, 0.6) is 5.75 Å². The van der Waals surface area contributed by atoms with E-state index in [0.29, 0.717) is 27.9 Å². The lowest BCUT2D eigenvalue weighted by Gasteiger charge is -2.21. The van der Waals surface area contributed by atoms with Gasteiger partial charge in [0.2, 0.25) is 0 Å². The molecule has 2 aromatic rings. The third-order valence-corrected chi connectivity index (χ3v) is 3.38.